The first-order valence-corrected chi connectivity index (χ1v) is 6.55. The zero-order valence-corrected chi connectivity index (χ0v) is 11.8. The Labute approximate surface area is 105 Å². The second-order valence-electron chi connectivity index (χ2n) is 5.10. The zero-order valence-electron chi connectivity index (χ0n) is 11.8. The van der Waals surface area contributed by atoms with E-state index in [1.165, 1.54) is 0 Å². The minimum absolute atomic E-state index is 0.523. The lowest BCUT2D eigenvalue weighted by Gasteiger charge is -2.32. The summed E-state index contributed by atoms with van der Waals surface area (Å²) in [6.07, 6.45) is 4.13. The molecular weight excluding hydrogens is 212 g/mol. The van der Waals surface area contributed by atoms with Gasteiger partial charge in [0, 0.05) is 25.8 Å². The zero-order chi connectivity index (χ0) is 13.0. The topological polar surface area (TPSA) is 47.1 Å². The van der Waals surface area contributed by atoms with Gasteiger partial charge in [-0.2, -0.15) is 5.10 Å². The van der Waals surface area contributed by atoms with Crippen LogP contribution in [0.3, 0.4) is 0 Å². The molecule has 1 rings (SSSR count). The molecule has 0 atom stereocenters. The van der Waals surface area contributed by atoms with Gasteiger partial charge in [0.2, 0.25) is 0 Å². The van der Waals surface area contributed by atoms with Crippen LogP contribution in [0.1, 0.15) is 40.5 Å². The number of rotatable bonds is 6. The number of aryl methyl sites for hydroxylation is 1. The Morgan fingerprint density at radius 1 is 1.35 bits per heavy atom. The lowest BCUT2D eigenvalue weighted by Crippen LogP contribution is -2.38. The van der Waals surface area contributed by atoms with Crippen LogP contribution in [0.15, 0.2) is 6.20 Å². The van der Waals surface area contributed by atoms with Gasteiger partial charge in [-0.25, -0.2) is 0 Å². The number of hydrogen-bond acceptors (Lipinski definition) is 3. The summed E-state index contributed by atoms with van der Waals surface area (Å²) in [7, 11) is 1.92. The van der Waals surface area contributed by atoms with Gasteiger partial charge < -0.3 is 10.6 Å². The summed E-state index contributed by atoms with van der Waals surface area (Å²) in [5.74, 6) is 1.55. The third-order valence-electron chi connectivity index (χ3n) is 3.05. The number of aromatic nitrogens is 2. The van der Waals surface area contributed by atoms with Crippen LogP contribution in [-0.4, -0.2) is 22.4 Å². The molecule has 0 unspecified atom stereocenters. The second-order valence-corrected chi connectivity index (χ2v) is 5.10. The minimum atomic E-state index is 0.523. The molecule has 0 spiro atoms. The van der Waals surface area contributed by atoms with Crippen molar-refractivity contribution >= 4 is 11.5 Å². The molecule has 0 saturated carbocycles. The molecule has 0 amide bonds. The van der Waals surface area contributed by atoms with Crippen LogP contribution in [0.5, 0.6) is 0 Å². The van der Waals surface area contributed by atoms with Gasteiger partial charge in [-0.1, -0.05) is 27.7 Å². The van der Waals surface area contributed by atoms with Crippen LogP contribution >= 0.6 is 0 Å². The van der Waals surface area contributed by atoms with Crippen LogP contribution in [-0.2, 0) is 7.05 Å². The van der Waals surface area contributed by atoms with E-state index in [4.69, 9.17) is 5.73 Å². The summed E-state index contributed by atoms with van der Waals surface area (Å²) in [4.78, 5) is 2.36. The van der Waals surface area contributed by atoms with Gasteiger partial charge in [0.05, 0.1) is 5.69 Å². The van der Waals surface area contributed by atoms with Crippen molar-refractivity contribution in [3.63, 3.8) is 0 Å². The molecule has 1 heterocycles. The average Bonchev–Trinajstić information content (AvgIpc) is 2.57. The van der Waals surface area contributed by atoms with E-state index in [1.807, 2.05) is 13.2 Å². The van der Waals surface area contributed by atoms with E-state index in [0.717, 1.165) is 30.9 Å². The fourth-order valence-corrected chi connectivity index (χ4v) is 2.25. The van der Waals surface area contributed by atoms with Gasteiger partial charge in [0.15, 0.2) is 5.82 Å². The predicted octanol–water partition coefficient (Wildman–Crippen LogP) is 2.65. The number of anilines is 2. The third kappa shape index (κ3) is 3.38. The highest BCUT2D eigenvalue weighted by Gasteiger charge is 2.21. The molecule has 0 fully saturated rings. The van der Waals surface area contributed by atoms with Gasteiger partial charge in [-0.05, 0) is 18.8 Å². The lowest BCUT2D eigenvalue weighted by molar-refractivity contribution is 0.501. The molecule has 1 aromatic rings. The summed E-state index contributed by atoms with van der Waals surface area (Å²) in [6.45, 7) is 9.91. The van der Waals surface area contributed by atoms with Crippen LogP contribution in [0, 0.1) is 5.92 Å². The highest BCUT2D eigenvalue weighted by Crippen LogP contribution is 2.25. The van der Waals surface area contributed by atoms with Crippen molar-refractivity contribution < 1.29 is 0 Å². The molecule has 98 valence electrons. The van der Waals surface area contributed by atoms with Crippen molar-refractivity contribution in [2.45, 2.75) is 46.6 Å². The first-order valence-electron chi connectivity index (χ1n) is 6.55. The van der Waals surface area contributed by atoms with Crippen LogP contribution in [0.2, 0.25) is 0 Å². The number of nitrogen functional groups attached to an aromatic ring is 1. The van der Waals surface area contributed by atoms with Crippen molar-refractivity contribution in [2.24, 2.45) is 13.0 Å². The fraction of sp³-hybridized carbons (Fsp3) is 0.769. The van der Waals surface area contributed by atoms with Gasteiger partial charge in [0.1, 0.15) is 0 Å². The minimum Gasteiger partial charge on any atom is -0.394 e. The summed E-state index contributed by atoms with van der Waals surface area (Å²) in [5.41, 5.74) is 6.82. The van der Waals surface area contributed by atoms with Gasteiger partial charge in [0.25, 0.3) is 0 Å². The van der Waals surface area contributed by atoms with Crippen molar-refractivity contribution in [1.29, 1.82) is 0 Å². The van der Waals surface area contributed by atoms with Gasteiger partial charge >= 0.3 is 0 Å². The monoisotopic (exact) mass is 238 g/mol. The maximum atomic E-state index is 6.04. The maximum Gasteiger partial charge on any atom is 0.174 e. The molecule has 0 saturated heterocycles. The van der Waals surface area contributed by atoms with E-state index in [9.17, 15) is 0 Å². The largest absolute Gasteiger partial charge is 0.394 e. The Hall–Kier alpha value is -1.19. The Morgan fingerprint density at radius 2 is 1.94 bits per heavy atom. The van der Waals surface area contributed by atoms with Crippen LogP contribution < -0.4 is 10.6 Å². The molecule has 0 aliphatic carbocycles. The van der Waals surface area contributed by atoms with Crippen molar-refractivity contribution in [3.05, 3.63) is 6.20 Å². The molecule has 0 aliphatic rings. The predicted molar refractivity (Wildman–Crippen MR) is 74.2 cm³/mol. The SMILES string of the molecule is CCC(CC)N(CC(C)C)c1nn(C)cc1N. The second kappa shape index (κ2) is 5.94. The molecular formula is C13H26N4. The van der Waals surface area contributed by atoms with Crippen LogP contribution in [0.25, 0.3) is 0 Å². The van der Waals surface area contributed by atoms with Gasteiger partial charge in [-0.3, -0.25) is 4.68 Å². The summed E-state index contributed by atoms with van der Waals surface area (Å²) in [5, 5.41) is 4.50. The Balaban J connectivity index is 3.00. The first kappa shape index (κ1) is 13.9. The molecule has 4 nitrogen and oxygen atoms in total. The molecule has 0 bridgehead atoms. The number of nitrogens with zero attached hydrogens (tertiary/aromatic N) is 3. The van der Waals surface area contributed by atoms with Gasteiger partial charge in [-0.15, -0.1) is 0 Å². The molecule has 4 heteroatoms. The Morgan fingerprint density at radius 3 is 2.29 bits per heavy atom. The Kier molecular flexibility index (Phi) is 4.85. The Bertz CT molecular complexity index is 339. The van der Waals surface area contributed by atoms with E-state index in [0.29, 0.717) is 12.0 Å². The maximum absolute atomic E-state index is 6.04. The summed E-state index contributed by atoms with van der Waals surface area (Å²) >= 11 is 0. The highest BCUT2D eigenvalue weighted by atomic mass is 15.4. The molecule has 1 aromatic heterocycles. The van der Waals surface area contributed by atoms with E-state index in [-0.39, 0.29) is 0 Å². The first-order chi connectivity index (χ1) is 7.99. The van der Waals surface area contributed by atoms with E-state index >= 15 is 0 Å². The number of nitrogens with two attached hydrogens (primary N) is 1. The van der Waals surface area contributed by atoms with E-state index in [1.54, 1.807) is 4.68 Å². The molecule has 0 aromatic carbocycles. The molecule has 2 N–H and O–H groups in total. The van der Waals surface area contributed by atoms with E-state index in [2.05, 4.69) is 37.7 Å². The van der Waals surface area contributed by atoms with E-state index < -0.39 is 0 Å². The van der Waals surface area contributed by atoms with Crippen molar-refractivity contribution in [2.75, 3.05) is 17.2 Å². The van der Waals surface area contributed by atoms with Crippen LogP contribution in [0.4, 0.5) is 11.5 Å². The smallest absolute Gasteiger partial charge is 0.174 e. The third-order valence-corrected chi connectivity index (χ3v) is 3.05. The number of hydrogen-bond donors (Lipinski definition) is 1. The highest BCUT2D eigenvalue weighted by molar-refractivity contribution is 5.62. The fourth-order valence-electron chi connectivity index (χ4n) is 2.25. The molecule has 0 radical (unpaired) electrons. The van der Waals surface area contributed by atoms with Crippen molar-refractivity contribution in [3.8, 4) is 0 Å². The molecule has 17 heavy (non-hydrogen) atoms. The summed E-state index contributed by atoms with van der Waals surface area (Å²) in [6, 6.07) is 0.523. The normalized spacial score (nSPS) is 11.5. The quantitative estimate of drug-likeness (QED) is 0.829. The molecule has 0 aliphatic heterocycles. The summed E-state index contributed by atoms with van der Waals surface area (Å²) < 4.78 is 1.79. The standard InChI is InChI=1S/C13H26N4/c1-6-11(7-2)17(8-10(3)4)13-12(14)9-16(5)15-13/h9-11H,6-8,14H2,1-5H3. The van der Waals surface area contributed by atoms with Crippen molar-refractivity contribution in [1.82, 2.24) is 9.78 Å². The average molecular weight is 238 g/mol. The lowest BCUT2D eigenvalue weighted by atomic mass is 10.1.